The molecule has 1 unspecified atom stereocenters. The molecule has 6 heteroatoms. The van der Waals surface area contributed by atoms with E-state index in [1.165, 1.54) is 4.90 Å². The van der Waals surface area contributed by atoms with E-state index in [2.05, 4.69) is 0 Å². The molecule has 20 heavy (non-hydrogen) atoms. The van der Waals surface area contributed by atoms with Crippen LogP contribution in [0.25, 0.3) is 0 Å². The highest BCUT2D eigenvalue weighted by molar-refractivity contribution is 7.80. The maximum Gasteiger partial charge on any atom is 0.305 e. The molecular weight excluding hydrogens is 276 g/mol. The van der Waals surface area contributed by atoms with Crippen molar-refractivity contribution in [2.45, 2.75) is 25.8 Å². The molecular formula is C14H16N2O3S. The third-order valence-electron chi connectivity index (χ3n) is 3.17. The van der Waals surface area contributed by atoms with Crippen molar-refractivity contribution in [2.75, 3.05) is 11.4 Å². The second kappa shape index (κ2) is 6.00. The summed E-state index contributed by atoms with van der Waals surface area (Å²) < 4.78 is 0. The fourth-order valence-electron chi connectivity index (χ4n) is 2.31. The highest BCUT2D eigenvalue weighted by Gasteiger charge is 2.43. The Morgan fingerprint density at radius 3 is 2.55 bits per heavy atom. The van der Waals surface area contributed by atoms with Crippen molar-refractivity contribution < 1.29 is 14.7 Å². The average Bonchev–Trinajstić information content (AvgIpc) is 2.64. The fraction of sp³-hybridized carbons (Fsp3) is 0.357. The standard InChI is InChI=1S/C14H16N2O3S/c1-2-8-15-11(9-12(17)18)13(19)16(14(15)20)10-6-4-3-5-7-10/h3-7,11H,2,8-9H2,1H3,(H,17,18). The summed E-state index contributed by atoms with van der Waals surface area (Å²) in [4.78, 5) is 26.6. The van der Waals surface area contributed by atoms with Crippen LogP contribution in [0, 0.1) is 0 Å². The van der Waals surface area contributed by atoms with Crippen LogP contribution in [-0.2, 0) is 9.59 Å². The van der Waals surface area contributed by atoms with E-state index in [-0.39, 0.29) is 12.3 Å². The lowest BCUT2D eigenvalue weighted by molar-refractivity contribution is -0.139. The molecule has 1 fully saturated rings. The van der Waals surface area contributed by atoms with Gasteiger partial charge in [0, 0.05) is 6.54 Å². The minimum absolute atomic E-state index is 0.234. The van der Waals surface area contributed by atoms with Gasteiger partial charge in [-0.15, -0.1) is 0 Å². The Morgan fingerprint density at radius 1 is 1.35 bits per heavy atom. The van der Waals surface area contributed by atoms with Crippen LogP contribution in [0.4, 0.5) is 5.69 Å². The summed E-state index contributed by atoms with van der Waals surface area (Å²) in [6, 6.07) is 8.36. The first-order valence-electron chi connectivity index (χ1n) is 6.47. The molecule has 2 rings (SSSR count). The van der Waals surface area contributed by atoms with Crippen LogP contribution < -0.4 is 4.90 Å². The predicted molar refractivity (Wildman–Crippen MR) is 79.6 cm³/mol. The number of carboxylic acids is 1. The number of thiocarbonyl (C=S) groups is 1. The maximum atomic E-state index is 12.5. The number of benzene rings is 1. The summed E-state index contributed by atoms with van der Waals surface area (Å²) in [5, 5.41) is 9.36. The molecule has 1 aliphatic rings. The molecule has 1 N–H and O–H groups in total. The van der Waals surface area contributed by atoms with Crippen LogP contribution in [0.1, 0.15) is 19.8 Å². The first-order chi connectivity index (χ1) is 9.56. The lowest BCUT2D eigenvalue weighted by atomic mass is 10.1. The van der Waals surface area contributed by atoms with E-state index in [0.717, 1.165) is 6.42 Å². The van der Waals surface area contributed by atoms with Gasteiger partial charge in [0.15, 0.2) is 5.11 Å². The summed E-state index contributed by atoms with van der Waals surface area (Å²) in [7, 11) is 0. The maximum absolute atomic E-state index is 12.5. The average molecular weight is 292 g/mol. The number of aliphatic carboxylic acids is 1. The number of nitrogens with zero attached hydrogens (tertiary/aromatic N) is 2. The topological polar surface area (TPSA) is 60.9 Å². The number of para-hydroxylation sites is 1. The van der Waals surface area contributed by atoms with Crippen molar-refractivity contribution in [2.24, 2.45) is 0 Å². The van der Waals surface area contributed by atoms with Crippen molar-refractivity contribution in [3.63, 3.8) is 0 Å². The largest absolute Gasteiger partial charge is 0.481 e. The predicted octanol–water partition coefficient (Wildman–Crippen LogP) is 1.87. The second-order valence-corrected chi connectivity index (χ2v) is 4.96. The number of carbonyl (C=O) groups is 2. The zero-order chi connectivity index (χ0) is 14.7. The molecule has 1 aromatic rings. The van der Waals surface area contributed by atoms with E-state index >= 15 is 0 Å². The fourth-order valence-corrected chi connectivity index (χ4v) is 2.72. The summed E-state index contributed by atoms with van der Waals surface area (Å²) in [6.45, 7) is 2.54. The molecule has 1 amide bonds. The normalized spacial score (nSPS) is 18.8. The van der Waals surface area contributed by atoms with Gasteiger partial charge in [-0.3, -0.25) is 14.5 Å². The Bertz CT molecular complexity index is 532. The molecule has 5 nitrogen and oxygen atoms in total. The van der Waals surface area contributed by atoms with Gasteiger partial charge in [0.1, 0.15) is 6.04 Å². The van der Waals surface area contributed by atoms with Gasteiger partial charge in [-0.25, -0.2) is 0 Å². The Morgan fingerprint density at radius 2 is 2.00 bits per heavy atom. The minimum Gasteiger partial charge on any atom is -0.481 e. The van der Waals surface area contributed by atoms with Gasteiger partial charge >= 0.3 is 5.97 Å². The number of amides is 1. The van der Waals surface area contributed by atoms with Crippen LogP contribution >= 0.6 is 12.2 Å². The summed E-state index contributed by atoms with van der Waals surface area (Å²) in [6.07, 6.45) is 0.564. The van der Waals surface area contributed by atoms with Gasteiger partial charge in [0.05, 0.1) is 12.1 Å². The van der Waals surface area contributed by atoms with Crippen LogP contribution in [0.3, 0.4) is 0 Å². The first-order valence-corrected chi connectivity index (χ1v) is 6.88. The number of rotatable bonds is 5. The van der Waals surface area contributed by atoms with Gasteiger partial charge in [0.2, 0.25) is 0 Å². The molecule has 1 aliphatic heterocycles. The summed E-state index contributed by atoms with van der Waals surface area (Å²) in [5.41, 5.74) is 0.677. The van der Waals surface area contributed by atoms with Gasteiger partial charge in [0.25, 0.3) is 5.91 Å². The van der Waals surface area contributed by atoms with Crippen molar-refractivity contribution in [1.29, 1.82) is 0 Å². The number of carbonyl (C=O) groups excluding carboxylic acids is 1. The molecule has 1 aromatic carbocycles. The number of carboxylic acid groups (broad SMARTS) is 1. The molecule has 1 atom stereocenters. The quantitative estimate of drug-likeness (QED) is 0.840. The third-order valence-corrected chi connectivity index (χ3v) is 3.58. The Balaban J connectivity index is 2.33. The molecule has 106 valence electrons. The molecule has 0 bridgehead atoms. The van der Waals surface area contributed by atoms with Gasteiger partial charge in [-0.1, -0.05) is 25.1 Å². The zero-order valence-electron chi connectivity index (χ0n) is 11.2. The highest BCUT2D eigenvalue weighted by Crippen LogP contribution is 2.26. The molecule has 1 heterocycles. The van der Waals surface area contributed by atoms with Gasteiger partial charge < -0.3 is 10.0 Å². The summed E-state index contributed by atoms with van der Waals surface area (Å²) in [5.74, 6) is -1.26. The SMILES string of the molecule is CCCN1C(=S)N(c2ccccc2)C(=O)C1CC(=O)O. The lowest BCUT2D eigenvalue weighted by Crippen LogP contribution is -2.37. The lowest BCUT2D eigenvalue weighted by Gasteiger charge is -2.22. The number of hydrogen-bond donors (Lipinski definition) is 1. The minimum atomic E-state index is -0.998. The smallest absolute Gasteiger partial charge is 0.305 e. The van der Waals surface area contributed by atoms with E-state index in [4.69, 9.17) is 17.3 Å². The van der Waals surface area contributed by atoms with E-state index in [0.29, 0.717) is 17.3 Å². The molecule has 0 saturated carbocycles. The van der Waals surface area contributed by atoms with Gasteiger partial charge in [-0.05, 0) is 30.8 Å². The van der Waals surface area contributed by atoms with Crippen molar-refractivity contribution in [1.82, 2.24) is 4.90 Å². The van der Waals surface area contributed by atoms with Crippen LogP contribution in [0.2, 0.25) is 0 Å². The monoisotopic (exact) mass is 292 g/mol. The molecule has 1 saturated heterocycles. The molecule has 0 spiro atoms. The van der Waals surface area contributed by atoms with Crippen molar-refractivity contribution in [3.05, 3.63) is 30.3 Å². The third kappa shape index (κ3) is 2.65. The van der Waals surface area contributed by atoms with E-state index in [1.54, 1.807) is 17.0 Å². The molecule has 0 aromatic heterocycles. The number of hydrogen-bond acceptors (Lipinski definition) is 3. The van der Waals surface area contributed by atoms with E-state index in [1.807, 2.05) is 25.1 Å². The van der Waals surface area contributed by atoms with Crippen molar-refractivity contribution in [3.8, 4) is 0 Å². The second-order valence-electron chi connectivity index (χ2n) is 4.60. The van der Waals surface area contributed by atoms with Crippen LogP contribution in [0.5, 0.6) is 0 Å². The van der Waals surface area contributed by atoms with E-state index < -0.39 is 12.0 Å². The first kappa shape index (κ1) is 14.5. The zero-order valence-corrected chi connectivity index (χ0v) is 12.0. The van der Waals surface area contributed by atoms with Gasteiger partial charge in [-0.2, -0.15) is 0 Å². The highest BCUT2D eigenvalue weighted by atomic mass is 32.1. The number of anilines is 1. The van der Waals surface area contributed by atoms with Crippen LogP contribution in [0.15, 0.2) is 30.3 Å². The van der Waals surface area contributed by atoms with Crippen molar-refractivity contribution >= 4 is 34.9 Å². The molecule has 0 radical (unpaired) electrons. The Kier molecular flexibility index (Phi) is 4.34. The molecule has 0 aliphatic carbocycles. The Labute approximate surface area is 122 Å². The summed E-state index contributed by atoms with van der Waals surface area (Å²) >= 11 is 5.35. The van der Waals surface area contributed by atoms with E-state index in [9.17, 15) is 9.59 Å². The van der Waals surface area contributed by atoms with Crippen LogP contribution in [-0.4, -0.2) is 39.6 Å². The Hall–Kier alpha value is -1.95.